The van der Waals surface area contributed by atoms with E-state index in [9.17, 15) is 4.79 Å². The van der Waals surface area contributed by atoms with Crippen LogP contribution in [0.2, 0.25) is 0 Å². The van der Waals surface area contributed by atoms with Gasteiger partial charge < -0.3 is 18.9 Å². The molecule has 1 fully saturated rings. The van der Waals surface area contributed by atoms with Gasteiger partial charge in [0.15, 0.2) is 11.5 Å². The fraction of sp³-hybridized carbons (Fsp3) is 0.444. The number of ether oxygens (including phenoxy) is 2. The number of fused-ring (bicyclic) bond motifs is 1. The van der Waals surface area contributed by atoms with Gasteiger partial charge in [-0.05, 0) is 32.0 Å². The van der Waals surface area contributed by atoms with Crippen LogP contribution in [0.4, 0.5) is 0 Å². The van der Waals surface area contributed by atoms with Gasteiger partial charge in [0.25, 0.3) is 0 Å². The van der Waals surface area contributed by atoms with Gasteiger partial charge in [0, 0.05) is 37.0 Å². The maximum Gasteiger partial charge on any atom is 0.225 e. The van der Waals surface area contributed by atoms with Crippen molar-refractivity contribution in [3.05, 3.63) is 30.6 Å². The third-order valence-corrected chi connectivity index (χ3v) is 4.62. The molecule has 2 aliphatic heterocycles. The number of rotatable bonds is 3. The number of likely N-dealkylation sites (tertiary alicyclic amines) is 1. The van der Waals surface area contributed by atoms with Gasteiger partial charge in [-0.3, -0.25) is 4.79 Å². The lowest BCUT2D eigenvalue weighted by Crippen LogP contribution is -2.32. The number of nitrogens with zero attached hydrogens (tertiary/aromatic N) is 3. The largest absolute Gasteiger partial charge is 0.486 e. The SMILES string of the molecule is CC(C)N1C[C@@H](n2ccnc2-c2ccc3c(c2)OCCO3)CC1=O. The molecule has 2 aliphatic rings. The zero-order chi connectivity index (χ0) is 16.7. The van der Waals surface area contributed by atoms with Crippen LogP contribution in [0.5, 0.6) is 11.5 Å². The molecule has 126 valence electrons. The lowest BCUT2D eigenvalue weighted by Gasteiger charge is -2.22. The Bertz CT molecular complexity index is 769. The summed E-state index contributed by atoms with van der Waals surface area (Å²) in [5.41, 5.74) is 0.972. The first-order chi connectivity index (χ1) is 11.6. The highest BCUT2D eigenvalue weighted by atomic mass is 16.6. The number of aromatic nitrogens is 2. The molecule has 0 radical (unpaired) electrons. The number of amides is 1. The summed E-state index contributed by atoms with van der Waals surface area (Å²) in [6.45, 7) is 5.97. The smallest absolute Gasteiger partial charge is 0.225 e. The van der Waals surface area contributed by atoms with Crippen LogP contribution in [0.25, 0.3) is 11.4 Å². The molecule has 2 aromatic rings. The van der Waals surface area contributed by atoms with Crippen LogP contribution in [0.1, 0.15) is 26.3 Å². The molecule has 4 rings (SSSR count). The first kappa shape index (κ1) is 15.1. The van der Waals surface area contributed by atoms with Crippen molar-refractivity contribution in [3.63, 3.8) is 0 Å². The fourth-order valence-electron chi connectivity index (χ4n) is 3.41. The molecule has 3 heterocycles. The van der Waals surface area contributed by atoms with E-state index in [1.54, 1.807) is 6.20 Å². The third-order valence-electron chi connectivity index (χ3n) is 4.62. The highest BCUT2D eigenvalue weighted by Gasteiger charge is 2.33. The number of imidazole rings is 1. The van der Waals surface area contributed by atoms with Gasteiger partial charge in [-0.25, -0.2) is 4.98 Å². The Kier molecular flexibility index (Phi) is 3.67. The maximum absolute atomic E-state index is 12.2. The Balaban J connectivity index is 1.65. The lowest BCUT2D eigenvalue weighted by molar-refractivity contribution is -0.129. The lowest BCUT2D eigenvalue weighted by atomic mass is 10.1. The highest BCUT2D eigenvalue weighted by Crippen LogP contribution is 2.35. The average Bonchev–Trinajstić information content (AvgIpc) is 3.20. The Morgan fingerprint density at radius 1 is 1.21 bits per heavy atom. The van der Waals surface area contributed by atoms with Gasteiger partial charge in [-0.1, -0.05) is 0 Å². The minimum Gasteiger partial charge on any atom is -0.486 e. The Labute approximate surface area is 141 Å². The van der Waals surface area contributed by atoms with Crippen LogP contribution in [0, 0.1) is 0 Å². The second kappa shape index (κ2) is 5.85. The minimum absolute atomic E-state index is 0.116. The topological polar surface area (TPSA) is 56.6 Å². The molecule has 0 spiro atoms. The summed E-state index contributed by atoms with van der Waals surface area (Å²) in [7, 11) is 0. The first-order valence-corrected chi connectivity index (χ1v) is 8.36. The molecule has 24 heavy (non-hydrogen) atoms. The van der Waals surface area contributed by atoms with Crippen molar-refractivity contribution in [1.82, 2.24) is 14.5 Å². The van der Waals surface area contributed by atoms with Crippen molar-refractivity contribution in [3.8, 4) is 22.9 Å². The molecule has 6 nitrogen and oxygen atoms in total. The predicted molar refractivity (Wildman–Crippen MR) is 89.2 cm³/mol. The van der Waals surface area contributed by atoms with Crippen LogP contribution < -0.4 is 9.47 Å². The average molecular weight is 327 g/mol. The molecule has 0 N–H and O–H groups in total. The predicted octanol–water partition coefficient (Wildman–Crippen LogP) is 2.50. The van der Waals surface area contributed by atoms with Gasteiger partial charge in [-0.15, -0.1) is 0 Å². The van der Waals surface area contributed by atoms with Gasteiger partial charge in [0.05, 0.1) is 6.04 Å². The Morgan fingerprint density at radius 3 is 2.75 bits per heavy atom. The molecule has 0 aliphatic carbocycles. The van der Waals surface area contributed by atoms with Crippen LogP contribution in [0.15, 0.2) is 30.6 Å². The molecular weight excluding hydrogens is 306 g/mol. The van der Waals surface area contributed by atoms with E-state index >= 15 is 0 Å². The van der Waals surface area contributed by atoms with Crippen molar-refractivity contribution in [2.75, 3.05) is 19.8 Å². The molecule has 6 heteroatoms. The van der Waals surface area contributed by atoms with Crippen LogP contribution in [-0.4, -0.2) is 46.2 Å². The third kappa shape index (κ3) is 2.52. The number of hydrogen-bond acceptors (Lipinski definition) is 4. The van der Waals surface area contributed by atoms with Crippen LogP contribution in [0.3, 0.4) is 0 Å². The number of carbonyl (C=O) groups is 1. The van der Waals surface area contributed by atoms with E-state index in [4.69, 9.17) is 9.47 Å². The van der Waals surface area contributed by atoms with Crippen molar-refractivity contribution >= 4 is 5.91 Å². The highest BCUT2D eigenvalue weighted by molar-refractivity contribution is 5.79. The van der Waals surface area contributed by atoms with Crippen LogP contribution >= 0.6 is 0 Å². The minimum atomic E-state index is 0.116. The number of carbonyl (C=O) groups excluding carboxylic acids is 1. The van der Waals surface area contributed by atoms with E-state index in [0.29, 0.717) is 19.6 Å². The molecule has 0 saturated carbocycles. The normalized spacial score (nSPS) is 20.0. The van der Waals surface area contributed by atoms with E-state index in [0.717, 1.165) is 29.4 Å². The summed E-state index contributed by atoms with van der Waals surface area (Å²) in [4.78, 5) is 18.7. The standard InChI is InChI=1S/C18H21N3O3/c1-12(2)21-11-14(10-17(21)22)20-6-5-19-18(20)13-3-4-15-16(9-13)24-8-7-23-15/h3-6,9,12,14H,7-8,10-11H2,1-2H3/t14-/m0/s1. The zero-order valence-electron chi connectivity index (χ0n) is 13.9. The quantitative estimate of drug-likeness (QED) is 0.869. The summed E-state index contributed by atoms with van der Waals surface area (Å²) in [6.07, 6.45) is 4.26. The Morgan fingerprint density at radius 2 is 2.00 bits per heavy atom. The first-order valence-electron chi connectivity index (χ1n) is 8.36. The molecule has 1 saturated heterocycles. The molecule has 1 amide bonds. The molecule has 1 aromatic heterocycles. The zero-order valence-corrected chi connectivity index (χ0v) is 13.9. The van der Waals surface area contributed by atoms with Crippen LogP contribution in [-0.2, 0) is 4.79 Å². The second-order valence-electron chi connectivity index (χ2n) is 6.51. The summed E-state index contributed by atoms with van der Waals surface area (Å²) in [6, 6.07) is 6.21. The molecule has 0 unspecified atom stereocenters. The molecular formula is C18H21N3O3. The summed E-state index contributed by atoms with van der Waals surface area (Å²) >= 11 is 0. The van der Waals surface area contributed by atoms with Crippen molar-refractivity contribution in [1.29, 1.82) is 0 Å². The fourth-order valence-corrected chi connectivity index (χ4v) is 3.41. The van der Waals surface area contributed by atoms with Crippen molar-refractivity contribution in [2.45, 2.75) is 32.4 Å². The van der Waals surface area contributed by atoms with Crippen molar-refractivity contribution < 1.29 is 14.3 Å². The summed E-state index contributed by atoms with van der Waals surface area (Å²) in [5, 5.41) is 0. The second-order valence-corrected chi connectivity index (χ2v) is 6.51. The summed E-state index contributed by atoms with van der Waals surface area (Å²) in [5.74, 6) is 2.58. The van der Waals surface area contributed by atoms with Crippen molar-refractivity contribution in [2.24, 2.45) is 0 Å². The summed E-state index contributed by atoms with van der Waals surface area (Å²) < 4.78 is 13.3. The number of hydrogen-bond donors (Lipinski definition) is 0. The van der Waals surface area contributed by atoms with Gasteiger partial charge >= 0.3 is 0 Å². The van der Waals surface area contributed by atoms with E-state index in [1.807, 2.05) is 29.3 Å². The Hall–Kier alpha value is -2.50. The number of benzene rings is 1. The van der Waals surface area contributed by atoms with E-state index < -0.39 is 0 Å². The van der Waals surface area contributed by atoms with E-state index in [-0.39, 0.29) is 18.0 Å². The van der Waals surface area contributed by atoms with E-state index in [2.05, 4.69) is 23.4 Å². The molecule has 0 bridgehead atoms. The van der Waals surface area contributed by atoms with E-state index in [1.165, 1.54) is 0 Å². The molecule has 1 aromatic carbocycles. The maximum atomic E-state index is 12.2. The molecule has 1 atom stereocenters. The van der Waals surface area contributed by atoms with Gasteiger partial charge in [0.1, 0.15) is 19.0 Å². The van der Waals surface area contributed by atoms with Gasteiger partial charge in [-0.2, -0.15) is 0 Å². The van der Waals surface area contributed by atoms with Gasteiger partial charge in [0.2, 0.25) is 5.91 Å². The monoisotopic (exact) mass is 327 g/mol.